The number of halogens is 3. The molecule has 7 heteroatoms. The van der Waals surface area contributed by atoms with Crippen molar-refractivity contribution in [2.24, 2.45) is 0 Å². The van der Waals surface area contributed by atoms with Gasteiger partial charge in [-0.3, -0.25) is 4.79 Å². The van der Waals surface area contributed by atoms with Gasteiger partial charge in [0.05, 0.1) is 16.3 Å². The molecule has 0 atom stereocenters. The van der Waals surface area contributed by atoms with E-state index in [0.717, 1.165) is 12.1 Å². The Morgan fingerprint density at radius 2 is 2.10 bits per heavy atom. The van der Waals surface area contributed by atoms with E-state index in [4.69, 9.17) is 11.6 Å². The van der Waals surface area contributed by atoms with Crippen LogP contribution in [0, 0.1) is 11.6 Å². The number of carbonyl (C=O) groups excluding carboxylic acids is 1. The van der Waals surface area contributed by atoms with Gasteiger partial charge in [0.15, 0.2) is 11.6 Å². The molecule has 1 amide bonds. The molecule has 0 aliphatic rings. The van der Waals surface area contributed by atoms with Crippen LogP contribution in [0.3, 0.4) is 0 Å². The molecule has 0 radical (unpaired) electrons. The lowest BCUT2D eigenvalue weighted by molar-refractivity contribution is 0.102. The van der Waals surface area contributed by atoms with Gasteiger partial charge < -0.3 is 10.6 Å². The minimum absolute atomic E-state index is 0.0181. The molecule has 1 aromatic carbocycles. The summed E-state index contributed by atoms with van der Waals surface area (Å²) in [7, 11) is 0. The van der Waals surface area contributed by atoms with Gasteiger partial charge in [-0.15, -0.1) is 0 Å². The van der Waals surface area contributed by atoms with Gasteiger partial charge in [0.2, 0.25) is 0 Å². The van der Waals surface area contributed by atoms with Crippen LogP contribution in [-0.4, -0.2) is 17.4 Å². The summed E-state index contributed by atoms with van der Waals surface area (Å²) in [6.45, 7) is 2.24. The van der Waals surface area contributed by atoms with E-state index >= 15 is 0 Å². The Morgan fingerprint density at radius 3 is 2.81 bits per heavy atom. The Hall–Kier alpha value is -2.21. The highest BCUT2D eigenvalue weighted by Crippen LogP contribution is 2.24. The van der Waals surface area contributed by atoms with E-state index in [2.05, 4.69) is 15.6 Å². The first-order valence-electron chi connectivity index (χ1n) is 6.17. The molecule has 2 N–H and O–H groups in total. The molecule has 0 saturated carbocycles. The molecular formula is C14H12ClF2N3O. The summed E-state index contributed by atoms with van der Waals surface area (Å²) in [4.78, 5) is 15.9. The molecule has 4 nitrogen and oxygen atoms in total. The zero-order valence-electron chi connectivity index (χ0n) is 11.1. The highest BCUT2D eigenvalue weighted by molar-refractivity contribution is 6.33. The number of hydrogen-bond acceptors (Lipinski definition) is 3. The van der Waals surface area contributed by atoms with Gasteiger partial charge in [-0.25, -0.2) is 13.8 Å². The van der Waals surface area contributed by atoms with Crippen molar-refractivity contribution < 1.29 is 13.6 Å². The molecule has 0 fully saturated rings. The van der Waals surface area contributed by atoms with E-state index in [1.165, 1.54) is 18.3 Å². The van der Waals surface area contributed by atoms with Gasteiger partial charge in [-0.1, -0.05) is 11.6 Å². The van der Waals surface area contributed by atoms with Gasteiger partial charge in [0.25, 0.3) is 5.91 Å². The number of aromatic nitrogens is 1. The molecular weight excluding hydrogens is 300 g/mol. The lowest BCUT2D eigenvalue weighted by atomic mass is 10.2. The number of pyridine rings is 1. The third-order valence-corrected chi connectivity index (χ3v) is 2.98. The van der Waals surface area contributed by atoms with Crippen molar-refractivity contribution in [1.29, 1.82) is 0 Å². The zero-order valence-corrected chi connectivity index (χ0v) is 11.8. The van der Waals surface area contributed by atoms with Crippen molar-refractivity contribution >= 4 is 29.0 Å². The molecule has 0 saturated heterocycles. The predicted octanol–water partition coefficient (Wildman–Crippen LogP) is 3.70. The molecule has 0 spiro atoms. The molecule has 0 unspecified atom stereocenters. The molecule has 2 rings (SSSR count). The summed E-state index contributed by atoms with van der Waals surface area (Å²) >= 11 is 5.85. The van der Waals surface area contributed by atoms with Crippen molar-refractivity contribution in [2.45, 2.75) is 6.92 Å². The summed E-state index contributed by atoms with van der Waals surface area (Å²) in [5.74, 6) is -2.08. The minimum Gasteiger partial charge on any atom is -0.368 e. The quantitative estimate of drug-likeness (QED) is 0.905. The Labute approximate surface area is 125 Å². The van der Waals surface area contributed by atoms with Crippen LogP contribution in [0.15, 0.2) is 30.5 Å². The van der Waals surface area contributed by atoms with Crippen molar-refractivity contribution in [3.63, 3.8) is 0 Å². The van der Waals surface area contributed by atoms with E-state index < -0.39 is 17.5 Å². The van der Waals surface area contributed by atoms with Crippen LogP contribution >= 0.6 is 11.6 Å². The van der Waals surface area contributed by atoms with Crippen LogP contribution in [-0.2, 0) is 0 Å². The number of anilines is 2. The van der Waals surface area contributed by atoms with Crippen LogP contribution in [0.5, 0.6) is 0 Å². The maximum atomic E-state index is 14.1. The Kier molecular flexibility index (Phi) is 4.70. The van der Waals surface area contributed by atoms with E-state index in [1.807, 2.05) is 0 Å². The van der Waals surface area contributed by atoms with Crippen LogP contribution in [0.1, 0.15) is 17.3 Å². The fourth-order valence-electron chi connectivity index (χ4n) is 1.69. The summed E-state index contributed by atoms with van der Waals surface area (Å²) in [5.41, 5.74) is -0.135. The van der Waals surface area contributed by atoms with E-state index in [1.54, 1.807) is 6.92 Å². The van der Waals surface area contributed by atoms with Gasteiger partial charge in [0.1, 0.15) is 5.82 Å². The maximum Gasteiger partial charge on any atom is 0.258 e. The normalized spacial score (nSPS) is 10.3. The standard InChI is InChI=1S/C14H12ClF2N3O/c1-2-18-13-12(17)9(5-6-19-13)14(21)20-11-7-8(16)3-4-10(11)15/h3-7H,2H2,1H3,(H,18,19)(H,20,21). The van der Waals surface area contributed by atoms with Crippen LogP contribution in [0.4, 0.5) is 20.3 Å². The topological polar surface area (TPSA) is 54.0 Å². The molecule has 2 aromatic rings. The third kappa shape index (κ3) is 3.46. The smallest absolute Gasteiger partial charge is 0.258 e. The molecule has 110 valence electrons. The number of amides is 1. The van der Waals surface area contributed by atoms with Crippen molar-refractivity contribution in [1.82, 2.24) is 4.98 Å². The fourth-order valence-corrected chi connectivity index (χ4v) is 1.86. The van der Waals surface area contributed by atoms with Gasteiger partial charge in [-0.05, 0) is 31.2 Å². The molecule has 1 aromatic heterocycles. The zero-order chi connectivity index (χ0) is 15.4. The first-order valence-corrected chi connectivity index (χ1v) is 6.55. The fraction of sp³-hybridized carbons (Fsp3) is 0.143. The van der Waals surface area contributed by atoms with Crippen molar-refractivity contribution in [3.05, 3.63) is 52.7 Å². The van der Waals surface area contributed by atoms with Gasteiger partial charge in [-0.2, -0.15) is 0 Å². The van der Waals surface area contributed by atoms with Crippen molar-refractivity contribution in [3.8, 4) is 0 Å². The predicted molar refractivity (Wildman–Crippen MR) is 77.7 cm³/mol. The summed E-state index contributed by atoms with van der Waals surface area (Å²) in [6, 6.07) is 4.76. The first kappa shape index (κ1) is 15.2. The minimum atomic E-state index is -0.774. The second-order valence-electron chi connectivity index (χ2n) is 4.13. The number of benzene rings is 1. The second-order valence-corrected chi connectivity index (χ2v) is 4.54. The van der Waals surface area contributed by atoms with E-state index in [9.17, 15) is 13.6 Å². The highest BCUT2D eigenvalue weighted by atomic mass is 35.5. The summed E-state index contributed by atoms with van der Waals surface area (Å²) in [5, 5.41) is 5.23. The lowest BCUT2D eigenvalue weighted by Gasteiger charge is -2.10. The van der Waals surface area contributed by atoms with E-state index in [0.29, 0.717) is 6.54 Å². The molecule has 1 heterocycles. The molecule has 0 aliphatic carbocycles. The summed E-state index contributed by atoms with van der Waals surface area (Å²) in [6.07, 6.45) is 1.31. The van der Waals surface area contributed by atoms with E-state index in [-0.39, 0.29) is 22.1 Å². The van der Waals surface area contributed by atoms with Crippen LogP contribution < -0.4 is 10.6 Å². The number of hydrogen-bond donors (Lipinski definition) is 2. The average molecular weight is 312 g/mol. The van der Waals surface area contributed by atoms with Crippen LogP contribution in [0.2, 0.25) is 5.02 Å². The van der Waals surface area contributed by atoms with Crippen LogP contribution in [0.25, 0.3) is 0 Å². The molecule has 0 bridgehead atoms. The SMILES string of the molecule is CCNc1nccc(C(=O)Nc2cc(F)ccc2Cl)c1F. The average Bonchev–Trinajstić information content (AvgIpc) is 2.45. The first-order chi connectivity index (χ1) is 10.0. The largest absolute Gasteiger partial charge is 0.368 e. The summed E-state index contributed by atoms with van der Waals surface area (Å²) < 4.78 is 27.2. The Morgan fingerprint density at radius 1 is 1.33 bits per heavy atom. The lowest BCUT2D eigenvalue weighted by Crippen LogP contribution is -2.16. The number of rotatable bonds is 4. The Balaban J connectivity index is 2.28. The molecule has 21 heavy (non-hydrogen) atoms. The molecule has 0 aliphatic heterocycles. The van der Waals surface area contributed by atoms with Gasteiger partial charge >= 0.3 is 0 Å². The maximum absolute atomic E-state index is 14.1. The number of nitrogens with zero attached hydrogens (tertiary/aromatic N) is 1. The monoisotopic (exact) mass is 311 g/mol. The third-order valence-electron chi connectivity index (χ3n) is 2.65. The van der Waals surface area contributed by atoms with Crippen molar-refractivity contribution in [2.75, 3.05) is 17.2 Å². The van der Waals surface area contributed by atoms with Gasteiger partial charge in [0, 0.05) is 12.7 Å². The number of nitrogens with one attached hydrogen (secondary N) is 2. The number of carbonyl (C=O) groups is 1. The Bertz CT molecular complexity index is 679. The second kappa shape index (κ2) is 6.49. The highest BCUT2D eigenvalue weighted by Gasteiger charge is 2.17.